The highest BCUT2D eigenvalue weighted by Gasteiger charge is 2.18. The molecule has 0 aliphatic carbocycles. The van der Waals surface area contributed by atoms with Gasteiger partial charge in [-0.2, -0.15) is 0 Å². The number of rotatable bonds is 2. The van der Waals surface area contributed by atoms with Crippen LogP contribution in [0.3, 0.4) is 0 Å². The summed E-state index contributed by atoms with van der Waals surface area (Å²) < 4.78 is 0. The Hall–Kier alpha value is -5.60. The van der Waals surface area contributed by atoms with Crippen LogP contribution in [0.15, 0.2) is 146 Å². The van der Waals surface area contributed by atoms with E-state index in [4.69, 9.17) is 9.97 Å². The number of fused-ring (bicyclic) bond motifs is 6. The van der Waals surface area contributed by atoms with E-state index < -0.39 is 0 Å². The zero-order valence-electron chi connectivity index (χ0n) is 22.8. The SMILES string of the molecule is c1ccc(-c2nc(-c3cc4cccc5c6ccccc6c6ccccc6c6cccc3c6c45)nc3ccccc23)cc1. The third-order valence-corrected chi connectivity index (χ3v) is 8.62. The molecule has 2 nitrogen and oxygen atoms in total. The minimum absolute atomic E-state index is 0.743. The third kappa shape index (κ3) is 3.33. The molecule has 194 valence electrons. The van der Waals surface area contributed by atoms with E-state index in [2.05, 4.69) is 140 Å². The van der Waals surface area contributed by atoms with Crippen LogP contribution >= 0.6 is 0 Å². The van der Waals surface area contributed by atoms with Crippen molar-refractivity contribution in [1.29, 1.82) is 0 Å². The third-order valence-electron chi connectivity index (χ3n) is 8.62. The smallest absolute Gasteiger partial charge is 0.161 e. The Morgan fingerprint density at radius 1 is 0.357 bits per heavy atom. The molecule has 9 aromatic rings. The summed E-state index contributed by atoms with van der Waals surface area (Å²) in [5.41, 5.74) is 4.03. The van der Waals surface area contributed by atoms with E-state index in [1.807, 2.05) is 6.07 Å². The van der Waals surface area contributed by atoms with Crippen molar-refractivity contribution in [3.8, 4) is 22.6 Å². The van der Waals surface area contributed by atoms with Gasteiger partial charge in [0.25, 0.3) is 0 Å². The second kappa shape index (κ2) is 8.95. The second-order valence-electron chi connectivity index (χ2n) is 10.9. The average molecular weight is 533 g/mol. The molecule has 8 aromatic carbocycles. The molecule has 0 saturated heterocycles. The van der Waals surface area contributed by atoms with Crippen molar-refractivity contribution in [3.05, 3.63) is 146 Å². The highest BCUT2D eigenvalue weighted by molar-refractivity contribution is 6.34. The fraction of sp³-hybridized carbons (Fsp3) is 0. The molecule has 0 amide bonds. The Bertz CT molecular complexity index is 2510. The van der Waals surface area contributed by atoms with Gasteiger partial charge in [0.2, 0.25) is 0 Å². The first kappa shape index (κ1) is 23.1. The molecule has 0 atom stereocenters. The molecule has 0 unspecified atom stereocenters. The zero-order valence-corrected chi connectivity index (χ0v) is 22.8. The molecule has 2 heteroatoms. The van der Waals surface area contributed by atoms with Crippen molar-refractivity contribution in [2.24, 2.45) is 0 Å². The zero-order chi connectivity index (χ0) is 27.6. The molecule has 0 spiro atoms. The molecule has 1 aromatic heterocycles. The standard InChI is InChI=1S/C40H24N2/c1-2-12-25(13-3-1)39-34-19-8-9-23-36(34)41-40(42-39)35-24-26-14-10-20-31-29-17-6-4-15-27(29)28-16-5-7-18-30(28)32-21-11-22-33(35)38(32)37(26)31/h1-24H. The quantitative estimate of drug-likeness (QED) is 0.207. The van der Waals surface area contributed by atoms with E-state index in [-0.39, 0.29) is 0 Å². The summed E-state index contributed by atoms with van der Waals surface area (Å²) in [7, 11) is 0. The van der Waals surface area contributed by atoms with Crippen LogP contribution in [0.1, 0.15) is 0 Å². The van der Waals surface area contributed by atoms with Crippen LogP contribution in [0.4, 0.5) is 0 Å². The van der Waals surface area contributed by atoms with Crippen molar-refractivity contribution in [1.82, 2.24) is 9.97 Å². The fourth-order valence-corrected chi connectivity index (χ4v) is 6.80. The van der Waals surface area contributed by atoms with Crippen molar-refractivity contribution < 1.29 is 0 Å². The molecule has 0 saturated carbocycles. The number of para-hydroxylation sites is 1. The van der Waals surface area contributed by atoms with Crippen LogP contribution in [-0.2, 0) is 0 Å². The molecule has 0 bridgehead atoms. The number of hydrogen-bond acceptors (Lipinski definition) is 2. The van der Waals surface area contributed by atoms with Gasteiger partial charge < -0.3 is 0 Å². The molecule has 0 aliphatic heterocycles. The summed E-state index contributed by atoms with van der Waals surface area (Å²) >= 11 is 0. The number of benzene rings is 7. The minimum atomic E-state index is 0.743. The molecule has 42 heavy (non-hydrogen) atoms. The lowest BCUT2D eigenvalue weighted by Crippen LogP contribution is -1.96. The number of aromatic nitrogens is 2. The van der Waals surface area contributed by atoms with Gasteiger partial charge in [-0.1, -0.05) is 133 Å². The maximum atomic E-state index is 5.28. The van der Waals surface area contributed by atoms with Crippen molar-refractivity contribution in [2.45, 2.75) is 0 Å². The van der Waals surface area contributed by atoms with Crippen LogP contribution in [0, 0.1) is 0 Å². The van der Waals surface area contributed by atoms with Crippen molar-refractivity contribution in [2.75, 3.05) is 0 Å². The maximum absolute atomic E-state index is 5.28. The Morgan fingerprint density at radius 2 is 0.881 bits per heavy atom. The van der Waals surface area contributed by atoms with Gasteiger partial charge >= 0.3 is 0 Å². The summed E-state index contributed by atoms with van der Waals surface area (Å²) in [6.45, 7) is 0. The van der Waals surface area contributed by atoms with E-state index in [9.17, 15) is 0 Å². The first-order valence-corrected chi connectivity index (χ1v) is 14.4. The molecule has 0 fully saturated rings. The van der Waals surface area contributed by atoms with Crippen LogP contribution in [0.2, 0.25) is 0 Å². The Morgan fingerprint density at radius 3 is 1.60 bits per heavy atom. The van der Waals surface area contributed by atoms with Gasteiger partial charge in [0.05, 0.1) is 11.2 Å². The summed E-state index contributed by atoms with van der Waals surface area (Å²) in [5.74, 6) is 0.743. The minimum Gasteiger partial charge on any atom is -0.228 e. The van der Waals surface area contributed by atoms with Crippen LogP contribution < -0.4 is 0 Å². The Balaban J connectivity index is 1.51. The highest BCUT2D eigenvalue weighted by atomic mass is 14.9. The maximum Gasteiger partial charge on any atom is 0.161 e. The van der Waals surface area contributed by atoms with Gasteiger partial charge in [-0.3, -0.25) is 0 Å². The van der Waals surface area contributed by atoms with Gasteiger partial charge in [-0.15, -0.1) is 0 Å². The number of nitrogens with zero attached hydrogens (tertiary/aromatic N) is 2. The molecule has 1 heterocycles. The topological polar surface area (TPSA) is 25.8 Å². The van der Waals surface area contributed by atoms with Crippen molar-refractivity contribution in [3.63, 3.8) is 0 Å². The molecule has 9 rings (SSSR count). The molecule has 0 aliphatic rings. The lowest BCUT2D eigenvalue weighted by molar-refractivity contribution is 1.24. The van der Waals surface area contributed by atoms with Gasteiger partial charge in [-0.25, -0.2) is 9.97 Å². The van der Waals surface area contributed by atoms with E-state index in [0.717, 1.165) is 38.9 Å². The van der Waals surface area contributed by atoms with Crippen LogP contribution in [0.5, 0.6) is 0 Å². The highest BCUT2D eigenvalue weighted by Crippen LogP contribution is 2.43. The Labute approximate surface area is 242 Å². The summed E-state index contributed by atoms with van der Waals surface area (Å²) in [4.78, 5) is 10.4. The molecule has 0 radical (unpaired) electrons. The normalized spacial score (nSPS) is 11.8. The van der Waals surface area contributed by atoms with Crippen LogP contribution in [-0.4, -0.2) is 9.97 Å². The predicted octanol–water partition coefficient (Wildman–Crippen LogP) is 10.7. The first-order chi connectivity index (χ1) is 20.8. The summed E-state index contributed by atoms with van der Waals surface area (Å²) in [6, 6.07) is 52.0. The van der Waals surface area contributed by atoms with Gasteiger partial charge in [0, 0.05) is 16.5 Å². The summed E-state index contributed by atoms with van der Waals surface area (Å²) in [5, 5.41) is 13.4. The fourth-order valence-electron chi connectivity index (χ4n) is 6.80. The second-order valence-corrected chi connectivity index (χ2v) is 10.9. The molecular formula is C40H24N2. The van der Waals surface area contributed by atoms with Gasteiger partial charge in [0.15, 0.2) is 5.82 Å². The van der Waals surface area contributed by atoms with E-state index in [1.165, 1.54) is 48.5 Å². The largest absolute Gasteiger partial charge is 0.228 e. The van der Waals surface area contributed by atoms with Gasteiger partial charge in [-0.05, 0) is 66.0 Å². The van der Waals surface area contributed by atoms with Crippen molar-refractivity contribution >= 4 is 64.8 Å². The molecule has 0 N–H and O–H groups in total. The first-order valence-electron chi connectivity index (χ1n) is 14.4. The van der Waals surface area contributed by atoms with E-state index >= 15 is 0 Å². The lowest BCUT2D eigenvalue weighted by Gasteiger charge is -2.16. The number of hydrogen-bond donors (Lipinski definition) is 0. The molecular weight excluding hydrogens is 508 g/mol. The summed E-state index contributed by atoms with van der Waals surface area (Å²) in [6.07, 6.45) is 0. The average Bonchev–Trinajstić information content (AvgIpc) is 3.06. The van der Waals surface area contributed by atoms with Gasteiger partial charge in [0.1, 0.15) is 0 Å². The Kier molecular flexibility index (Phi) is 4.93. The predicted molar refractivity (Wildman–Crippen MR) is 178 cm³/mol. The lowest BCUT2D eigenvalue weighted by atomic mass is 9.88. The monoisotopic (exact) mass is 532 g/mol. The van der Waals surface area contributed by atoms with E-state index in [0.29, 0.717) is 0 Å². The van der Waals surface area contributed by atoms with E-state index in [1.54, 1.807) is 0 Å². The van der Waals surface area contributed by atoms with Crippen LogP contribution in [0.25, 0.3) is 87.4 Å².